The second-order valence-electron chi connectivity index (χ2n) is 5.84. The predicted octanol–water partition coefficient (Wildman–Crippen LogP) is 3.19. The van der Waals surface area contributed by atoms with Gasteiger partial charge in [0.15, 0.2) is 5.82 Å². The first-order chi connectivity index (χ1) is 10.8. The molecule has 6 nitrogen and oxygen atoms in total. The molecule has 4 rings (SSSR count). The largest absolute Gasteiger partial charge is 0.383 e. The molecule has 2 aromatic heterocycles. The molecule has 116 valence electrons. The molecule has 0 unspecified atom stereocenters. The van der Waals surface area contributed by atoms with Gasteiger partial charge in [0.25, 0.3) is 5.89 Å². The van der Waals surface area contributed by atoms with Gasteiger partial charge in [0.1, 0.15) is 6.10 Å². The Labute approximate surface area is 133 Å². The number of nitrogens with one attached hydrogen (secondary N) is 1. The minimum Gasteiger partial charge on any atom is -0.383 e. The van der Waals surface area contributed by atoms with E-state index in [2.05, 4.69) is 20.4 Å². The summed E-state index contributed by atoms with van der Waals surface area (Å²) in [6.45, 7) is 1.46. The summed E-state index contributed by atoms with van der Waals surface area (Å²) in [6, 6.07) is 1.87. The van der Waals surface area contributed by atoms with Crippen molar-refractivity contribution in [3.63, 3.8) is 0 Å². The van der Waals surface area contributed by atoms with Gasteiger partial charge < -0.3 is 14.6 Å². The normalized spacial score (nSPS) is 24.6. The van der Waals surface area contributed by atoms with Crippen molar-refractivity contribution in [1.29, 1.82) is 0 Å². The summed E-state index contributed by atoms with van der Waals surface area (Å²) < 4.78 is 11.2. The van der Waals surface area contributed by atoms with Crippen LogP contribution in [0.2, 0.25) is 5.02 Å². The Hall–Kier alpha value is -1.66. The molecular formula is C15H17ClN4O2. The summed E-state index contributed by atoms with van der Waals surface area (Å²) in [4.78, 5) is 8.49. The minimum atomic E-state index is -0.131. The zero-order chi connectivity index (χ0) is 14.9. The standard InChI is InChI=1S/C15H17ClN4O2/c16-11-8-17-5-3-12(11)18-7-10-4-6-21-13(10)15-19-14(20-22-15)9-1-2-9/h3,5,8-10,13H,1-2,4,6-7H2,(H,17,18)/t10-,13-/m0/s1. The molecular weight excluding hydrogens is 304 g/mol. The van der Waals surface area contributed by atoms with E-state index in [1.165, 1.54) is 0 Å². The average Bonchev–Trinajstić information content (AvgIpc) is 3.09. The Morgan fingerprint density at radius 3 is 3.05 bits per heavy atom. The molecule has 0 radical (unpaired) electrons. The van der Waals surface area contributed by atoms with E-state index in [0.717, 1.165) is 37.3 Å². The van der Waals surface area contributed by atoms with E-state index >= 15 is 0 Å². The summed E-state index contributed by atoms with van der Waals surface area (Å²) in [5, 5.41) is 8.05. The fraction of sp³-hybridized carbons (Fsp3) is 0.533. The molecule has 0 amide bonds. The molecule has 0 aromatic carbocycles. The van der Waals surface area contributed by atoms with Gasteiger partial charge in [-0.1, -0.05) is 16.8 Å². The third kappa shape index (κ3) is 2.80. The summed E-state index contributed by atoms with van der Waals surface area (Å²) >= 11 is 6.11. The lowest BCUT2D eigenvalue weighted by Gasteiger charge is -2.16. The van der Waals surface area contributed by atoms with Gasteiger partial charge in [-0.3, -0.25) is 4.98 Å². The van der Waals surface area contributed by atoms with Crippen LogP contribution in [0.25, 0.3) is 0 Å². The maximum Gasteiger partial charge on any atom is 0.256 e. The topological polar surface area (TPSA) is 73.1 Å². The highest BCUT2D eigenvalue weighted by Crippen LogP contribution is 2.40. The fourth-order valence-electron chi connectivity index (χ4n) is 2.75. The number of anilines is 1. The zero-order valence-corrected chi connectivity index (χ0v) is 12.8. The highest BCUT2D eigenvalue weighted by Gasteiger charge is 2.36. The molecule has 2 atom stereocenters. The first-order valence-corrected chi connectivity index (χ1v) is 7.97. The van der Waals surface area contributed by atoms with Crippen LogP contribution in [0.1, 0.15) is 43.0 Å². The number of nitrogens with zero attached hydrogens (tertiary/aromatic N) is 3. The van der Waals surface area contributed by atoms with Crippen molar-refractivity contribution in [2.75, 3.05) is 18.5 Å². The summed E-state index contributed by atoms with van der Waals surface area (Å²) in [6.07, 6.45) is 6.50. The van der Waals surface area contributed by atoms with Gasteiger partial charge in [-0.25, -0.2) is 0 Å². The van der Waals surface area contributed by atoms with Crippen LogP contribution in [0, 0.1) is 5.92 Å². The molecule has 3 heterocycles. The van der Waals surface area contributed by atoms with E-state index in [-0.39, 0.29) is 12.0 Å². The molecule has 1 aliphatic heterocycles. The van der Waals surface area contributed by atoms with E-state index in [9.17, 15) is 0 Å². The third-order valence-corrected chi connectivity index (χ3v) is 4.49. The maximum absolute atomic E-state index is 6.11. The van der Waals surface area contributed by atoms with Gasteiger partial charge in [-0.2, -0.15) is 4.98 Å². The quantitative estimate of drug-likeness (QED) is 0.912. The SMILES string of the molecule is Clc1cnccc1NC[C@@H]1CCO[C@@H]1c1nc(C2CC2)no1. The van der Waals surface area contributed by atoms with E-state index in [1.807, 2.05) is 6.07 Å². The fourth-order valence-corrected chi connectivity index (χ4v) is 2.93. The Morgan fingerprint density at radius 1 is 1.32 bits per heavy atom. The highest BCUT2D eigenvalue weighted by atomic mass is 35.5. The molecule has 2 aromatic rings. The van der Waals surface area contributed by atoms with Gasteiger partial charge in [-0.05, 0) is 25.3 Å². The van der Waals surface area contributed by atoms with E-state index in [4.69, 9.17) is 20.9 Å². The van der Waals surface area contributed by atoms with E-state index in [1.54, 1.807) is 12.4 Å². The van der Waals surface area contributed by atoms with E-state index < -0.39 is 0 Å². The monoisotopic (exact) mass is 320 g/mol. The number of rotatable bonds is 5. The number of halogens is 1. The summed E-state index contributed by atoms with van der Waals surface area (Å²) in [5.41, 5.74) is 0.881. The van der Waals surface area contributed by atoms with Crippen molar-refractivity contribution in [2.24, 2.45) is 5.92 Å². The van der Waals surface area contributed by atoms with Gasteiger partial charge in [0, 0.05) is 37.4 Å². The first-order valence-electron chi connectivity index (χ1n) is 7.60. The molecule has 0 bridgehead atoms. The molecule has 1 aliphatic carbocycles. The first kappa shape index (κ1) is 14.0. The smallest absolute Gasteiger partial charge is 0.256 e. The third-order valence-electron chi connectivity index (χ3n) is 4.18. The van der Waals surface area contributed by atoms with Gasteiger partial charge in [0.2, 0.25) is 0 Å². The van der Waals surface area contributed by atoms with Gasteiger partial charge in [-0.15, -0.1) is 0 Å². The molecule has 2 fully saturated rings. The molecule has 0 spiro atoms. The average molecular weight is 321 g/mol. The van der Waals surface area contributed by atoms with Crippen molar-refractivity contribution >= 4 is 17.3 Å². The minimum absolute atomic E-state index is 0.131. The lowest BCUT2D eigenvalue weighted by molar-refractivity contribution is 0.0650. The van der Waals surface area contributed by atoms with Crippen molar-refractivity contribution in [1.82, 2.24) is 15.1 Å². The summed E-state index contributed by atoms with van der Waals surface area (Å²) in [7, 11) is 0. The van der Waals surface area contributed by atoms with Crippen LogP contribution >= 0.6 is 11.6 Å². The highest BCUT2D eigenvalue weighted by molar-refractivity contribution is 6.33. The lowest BCUT2D eigenvalue weighted by Crippen LogP contribution is -2.18. The van der Waals surface area contributed by atoms with Crippen LogP contribution in [-0.2, 0) is 4.74 Å². The molecule has 22 heavy (non-hydrogen) atoms. The number of aromatic nitrogens is 3. The van der Waals surface area contributed by atoms with Crippen molar-refractivity contribution in [3.8, 4) is 0 Å². The number of ether oxygens (including phenoxy) is 1. The number of hydrogen-bond acceptors (Lipinski definition) is 6. The Bertz CT molecular complexity index is 658. The van der Waals surface area contributed by atoms with Crippen LogP contribution in [0.4, 0.5) is 5.69 Å². The Morgan fingerprint density at radius 2 is 2.23 bits per heavy atom. The molecule has 1 saturated heterocycles. The van der Waals surface area contributed by atoms with Crippen molar-refractivity contribution < 1.29 is 9.26 Å². The van der Waals surface area contributed by atoms with E-state index in [0.29, 0.717) is 23.4 Å². The Balaban J connectivity index is 1.43. The maximum atomic E-state index is 6.11. The summed E-state index contributed by atoms with van der Waals surface area (Å²) in [5.74, 6) is 2.21. The molecule has 7 heteroatoms. The van der Waals surface area contributed by atoms with Crippen molar-refractivity contribution in [3.05, 3.63) is 35.2 Å². The Kier molecular flexibility index (Phi) is 3.72. The van der Waals surface area contributed by atoms with Crippen LogP contribution in [0.5, 0.6) is 0 Å². The number of pyridine rings is 1. The van der Waals surface area contributed by atoms with Crippen molar-refractivity contribution in [2.45, 2.75) is 31.3 Å². The molecule has 2 aliphatic rings. The predicted molar refractivity (Wildman–Crippen MR) is 80.8 cm³/mol. The van der Waals surface area contributed by atoms with Gasteiger partial charge >= 0.3 is 0 Å². The van der Waals surface area contributed by atoms with Crippen LogP contribution in [-0.4, -0.2) is 28.3 Å². The van der Waals surface area contributed by atoms with Crippen LogP contribution in [0.15, 0.2) is 23.0 Å². The second-order valence-corrected chi connectivity index (χ2v) is 6.25. The molecule has 1 N–H and O–H groups in total. The van der Waals surface area contributed by atoms with Crippen LogP contribution in [0.3, 0.4) is 0 Å². The van der Waals surface area contributed by atoms with Crippen LogP contribution < -0.4 is 5.32 Å². The second kappa shape index (κ2) is 5.85. The zero-order valence-electron chi connectivity index (χ0n) is 12.0. The van der Waals surface area contributed by atoms with Gasteiger partial charge in [0.05, 0.1) is 10.7 Å². The number of hydrogen-bond donors (Lipinski definition) is 1. The lowest BCUT2D eigenvalue weighted by atomic mass is 10.0. The molecule has 1 saturated carbocycles.